The van der Waals surface area contributed by atoms with Crippen molar-refractivity contribution in [1.29, 1.82) is 0 Å². The third-order valence-electron chi connectivity index (χ3n) is 7.04. The fourth-order valence-corrected chi connectivity index (χ4v) is 6.13. The van der Waals surface area contributed by atoms with Gasteiger partial charge in [-0.25, -0.2) is 0 Å². The quantitative estimate of drug-likeness (QED) is 0.840. The van der Waals surface area contributed by atoms with Gasteiger partial charge in [0.25, 0.3) is 0 Å². The molecule has 5 atom stereocenters. The van der Waals surface area contributed by atoms with Crippen LogP contribution >= 0.6 is 0 Å². The molecule has 5 unspecified atom stereocenters. The lowest BCUT2D eigenvalue weighted by Crippen LogP contribution is -2.53. The van der Waals surface area contributed by atoms with Gasteiger partial charge < -0.3 is 11.1 Å². The minimum atomic E-state index is 0.338. The van der Waals surface area contributed by atoms with Gasteiger partial charge in [0.1, 0.15) is 0 Å². The summed E-state index contributed by atoms with van der Waals surface area (Å²) in [4.78, 5) is 12.5. The van der Waals surface area contributed by atoms with Crippen LogP contribution in [0.15, 0.2) is 0 Å². The van der Waals surface area contributed by atoms with E-state index in [4.69, 9.17) is 5.73 Å². The fourth-order valence-electron chi connectivity index (χ4n) is 6.13. The molecule has 4 bridgehead atoms. The summed E-state index contributed by atoms with van der Waals surface area (Å²) in [5.41, 5.74) is 6.18. The Hall–Kier alpha value is -0.570. The molecule has 4 rings (SSSR count). The predicted octanol–water partition coefficient (Wildman–Crippen LogP) is 2.83. The maximum absolute atomic E-state index is 12.5. The Morgan fingerprint density at radius 2 is 1.71 bits per heavy atom. The van der Waals surface area contributed by atoms with E-state index in [1.54, 1.807) is 0 Å². The van der Waals surface area contributed by atoms with Crippen LogP contribution in [0, 0.1) is 29.6 Å². The number of carbonyl (C=O) groups is 1. The molecule has 3 heteroatoms. The second kappa shape index (κ2) is 5.57. The van der Waals surface area contributed by atoms with E-state index in [1.165, 1.54) is 44.9 Å². The molecule has 0 heterocycles. The van der Waals surface area contributed by atoms with Gasteiger partial charge in [0.15, 0.2) is 0 Å². The number of amides is 1. The number of nitrogens with two attached hydrogens (primary N) is 1. The number of nitrogens with one attached hydrogen (secondary N) is 1. The number of fused-ring (bicyclic) bond motifs is 4. The summed E-state index contributed by atoms with van der Waals surface area (Å²) < 4.78 is 0. The van der Waals surface area contributed by atoms with Gasteiger partial charge in [0.05, 0.1) is 0 Å². The van der Waals surface area contributed by atoms with Crippen LogP contribution in [0.5, 0.6) is 0 Å². The van der Waals surface area contributed by atoms with Crippen LogP contribution in [-0.4, -0.2) is 18.0 Å². The van der Waals surface area contributed by atoms with Gasteiger partial charge in [0, 0.05) is 18.5 Å². The molecule has 4 aliphatic rings. The van der Waals surface area contributed by atoms with Gasteiger partial charge in [-0.2, -0.15) is 0 Å². The zero-order chi connectivity index (χ0) is 14.4. The second-order valence-electron chi connectivity index (χ2n) is 8.41. The first kappa shape index (κ1) is 14.0. The van der Waals surface area contributed by atoms with Gasteiger partial charge in [-0.1, -0.05) is 12.8 Å². The molecule has 0 saturated heterocycles. The lowest BCUT2D eigenvalue weighted by Gasteiger charge is -2.45. The van der Waals surface area contributed by atoms with E-state index in [0.717, 1.165) is 31.1 Å². The topological polar surface area (TPSA) is 55.1 Å². The van der Waals surface area contributed by atoms with Crippen LogP contribution in [0.3, 0.4) is 0 Å². The summed E-state index contributed by atoms with van der Waals surface area (Å²) in [6.45, 7) is 0. The third kappa shape index (κ3) is 2.74. The zero-order valence-electron chi connectivity index (χ0n) is 13.1. The van der Waals surface area contributed by atoms with Gasteiger partial charge in [0.2, 0.25) is 5.91 Å². The van der Waals surface area contributed by atoms with Crippen molar-refractivity contribution in [2.45, 2.75) is 76.3 Å². The maximum atomic E-state index is 12.5. The lowest BCUT2D eigenvalue weighted by molar-refractivity contribution is -0.124. The van der Waals surface area contributed by atoms with Gasteiger partial charge >= 0.3 is 0 Å². The van der Waals surface area contributed by atoms with E-state index < -0.39 is 0 Å². The highest BCUT2D eigenvalue weighted by molar-refractivity contribution is 5.76. The molecule has 3 nitrogen and oxygen atoms in total. The SMILES string of the molecule is NC1CC2CCCC(C1)C2NC(=O)CC1CC2CCC1C2. The molecule has 0 radical (unpaired) electrons. The molecule has 0 aliphatic heterocycles. The van der Waals surface area contributed by atoms with Crippen molar-refractivity contribution in [2.75, 3.05) is 0 Å². The number of hydrogen-bond acceptors (Lipinski definition) is 2. The summed E-state index contributed by atoms with van der Waals surface area (Å²) in [5, 5.41) is 3.43. The van der Waals surface area contributed by atoms with E-state index in [0.29, 0.717) is 35.7 Å². The van der Waals surface area contributed by atoms with Crippen LogP contribution < -0.4 is 11.1 Å². The first-order valence-electron chi connectivity index (χ1n) is 9.24. The van der Waals surface area contributed by atoms with E-state index in [9.17, 15) is 4.79 Å². The third-order valence-corrected chi connectivity index (χ3v) is 7.04. The summed E-state index contributed by atoms with van der Waals surface area (Å²) in [5.74, 6) is 4.13. The Morgan fingerprint density at radius 3 is 2.33 bits per heavy atom. The maximum Gasteiger partial charge on any atom is 0.220 e. The smallest absolute Gasteiger partial charge is 0.220 e. The fraction of sp³-hybridized carbons (Fsp3) is 0.944. The molecule has 21 heavy (non-hydrogen) atoms. The summed E-state index contributed by atoms with van der Waals surface area (Å²) in [7, 11) is 0. The van der Waals surface area contributed by atoms with E-state index in [1.807, 2.05) is 0 Å². The number of hydrogen-bond donors (Lipinski definition) is 2. The zero-order valence-corrected chi connectivity index (χ0v) is 13.1. The molecule has 3 N–H and O–H groups in total. The average Bonchev–Trinajstić information content (AvgIpc) is 3.02. The standard InChI is InChI=1S/C18H30N2O/c19-16-8-13-2-1-3-14(9-16)18(13)20-17(21)10-15-7-11-4-5-12(15)6-11/h11-16,18H,1-10,19H2,(H,20,21). The molecular weight excluding hydrogens is 260 g/mol. The molecule has 0 spiro atoms. The Labute approximate surface area is 128 Å². The minimum Gasteiger partial charge on any atom is -0.353 e. The molecule has 0 aromatic carbocycles. The Morgan fingerprint density at radius 1 is 0.952 bits per heavy atom. The molecule has 4 aliphatic carbocycles. The lowest BCUT2D eigenvalue weighted by atomic mass is 9.67. The van der Waals surface area contributed by atoms with Gasteiger partial charge in [-0.3, -0.25) is 4.79 Å². The van der Waals surface area contributed by atoms with Crippen molar-refractivity contribution in [3.05, 3.63) is 0 Å². The highest BCUT2D eigenvalue weighted by Crippen LogP contribution is 2.49. The van der Waals surface area contributed by atoms with Gasteiger partial charge in [-0.05, 0) is 74.5 Å². The van der Waals surface area contributed by atoms with Crippen LogP contribution in [0.4, 0.5) is 0 Å². The Bertz CT molecular complexity index is 396. The monoisotopic (exact) mass is 290 g/mol. The molecule has 4 fully saturated rings. The van der Waals surface area contributed by atoms with Crippen molar-refractivity contribution < 1.29 is 4.79 Å². The number of rotatable bonds is 3. The van der Waals surface area contributed by atoms with Crippen molar-refractivity contribution >= 4 is 5.91 Å². The average molecular weight is 290 g/mol. The van der Waals surface area contributed by atoms with Crippen LogP contribution in [-0.2, 0) is 4.79 Å². The molecule has 4 saturated carbocycles. The highest BCUT2D eigenvalue weighted by atomic mass is 16.1. The largest absolute Gasteiger partial charge is 0.353 e. The van der Waals surface area contributed by atoms with E-state index >= 15 is 0 Å². The number of carbonyl (C=O) groups excluding carboxylic acids is 1. The molecule has 0 aromatic heterocycles. The predicted molar refractivity (Wildman–Crippen MR) is 83.5 cm³/mol. The Balaban J connectivity index is 1.34. The normalized spacial score (nSPS) is 48.3. The molecule has 0 aromatic rings. The molecule has 118 valence electrons. The minimum absolute atomic E-state index is 0.338. The highest BCUT2D eigenvalue weighted by Gasteiger charge is 2.42. The van der Waals surface area contributed by atoms with Crippen LogP contribution in [0.2, 0.25) is 0 Å². The van der Waals surface area contributed by atoms with Gasteiger partial charge in [-0.15, -0.1) is 0 Å². The van der Waals surface area contributed by atoms with E-state index in [2.05, 4.69) is 5.32 Å². The summed E-state index contributed by atoms with van der Waals surface area (Å²) >= 11 is 0. The van der Waals surface area contributed by atoms with Crippen molar-refractivity contribution in [3.8, 4) is 0 Å². The van der Waals surface area contributed by atoms with Crippen LogP contribution in [0.25, 0.3) is 0 Å². The first-order valence-corrected chi connectivity index (χ1v) is 9.24. The summed E-state index contributed by atoms with van der Waals surface area (Å²) in [6, 6.07) is 0.809. The second-order valence-corrected chi connectivity index (χ2v) is 8.41. The van der Waals surface area contributed by atoms with Crippen molar-refractivity contribution in [3.63, 3.8) is 0 Å². The van der Waals surface area contributed by atoms with Crippen molar-refractivity contribution in [2.24, 2.45) is 35.3 Å². The van der Waals surface area contributed by atoms with Crippen molar-refractivity contribution in [1.82, 2.24) is 5.32 Å². The molecule has 1 amide bonds. The Kier molecular flexibility index (Phi) is 3.72. The van der Waals surface area contributed by atoms with E-state index in [-0.39, 0.29) is 0 Å². The van der Waals surface area contributed by atoms with Crippen LogP contribution in [0.1, 0.15) is 64.2 Å². The molecular formula is C18H30N2O. The first-order chi connectivity index (χ1) is 10.2. The summed E-state index contributed by atoms with van der Waals surface area (Å²) in [6.07, 6.45) is 12.4.